The molecule has 14 heavy (non-hydrogen) atoms. The summed E-state index contributed by atoms with van der Waals surface area (Å²) >= 11 is 0. The lowest BCUT2D eigenvalue weighted by molar-refractivity contribution is 0.0211. The molecule has 0 aromatic heterocycles. The van der Waals surface area contributed by atoms with E-state index in [0.29, 0.717) is 6.04 Å². The lowest BCUT2D eigenvalue weighted by atomic mass is 10.2. The normalized spacial score (nSPS) is 16.1. The Kier molecular flexibility index (Phi) is 2.59. The zero-order valence-corrected chi connectivity index (χ0v) is 8.66. The minimum Gasteiger partial charge on any atom is -0.377 e. The fourth-order valence-electron chi connectivity index (χ4n) is 1.52. The fraction of sp³-hybridized carbons (Fsp3) is 0.455. The summed E-state index contributed by atoms with van der Waals surface area (Å²) in [6.45, 7) is 1.64. The van der Waals surface area contributed by atoms with E-state index in [-0.39, 0.29) is 0 Å². The summed E-state index contributed by atoms with van der Waals surface area (Å²) in [5, 5.41) is 3.46. The van der Waals surface area contributed by atoms with Gasteiger partial charge in [-0.25, -0.2) is 0 Å². The number of para-hydroxylation sites is 2. The van der Waals surface area contributed by atoms with Crippen molar-refractivity contribution in [2.24, 2.45) is 0 Å². The highest BCUT2D eigenvalue weighted by molar-refractivity contribution is 5.69. The first kappa shape index (κ1) is 9.34. The molecule has 1 aromatic rings. The minimum atomic E-state index is 0.482. The van der Waals surface area contributed by atoms with Crippen molar-refractivity contribution in [2.45, 2.75) is 6.04 Å². The molecule has 0 unspecified atom stereocenters. The zero-order valence-electron chi connectivity index (χ0n) is 8.66. The SMILES string of the molecule is CN(C)c1ccccc1NC1COC1. The van der Waals surface area contributed by atoms with E-state index in [1.54, 1.807) is 0 Å². The van der Waals surface area contributed by atoms with Crippen molar-refractivity contribution in [2.75, 3.05) is 37.5 Å². The number of benzene rings is 1. The maximum Gasteiger partial charge on any atom is 0.0729 e. The van der Waals surface area contributed by atoms with Crippen molar-refractivity contribution in [3.05, 3.63) is 24.3 Å². The Bertz CT molecular complexity index is 308. The van der Waals surface area contributed by atoms with Crippen LogP contribution in [0.15, 0.2) is 24.3 Å². The highest BCUT2D eigenvalue weighted by Crippen LogP contribution is 2.25. The first-order chi connectivity index (χ1) is 6.77. The summed E-state index contributed by atoms with van der Waals surface area (Å²) < 4.78 is 5.13. The number of hydrogen-bond donors (Lipinski definition) is 1. The standard InChI is InChI=1S/C11H16N2O/c1-13(2)11-6-4-3-5-10(11)12-9-7-14-8-9/h3-6,9,12H,7-8H2,1-2H3. The van der Waals surface area contributed by atoms with Crippen molar-refractivity contribution in [1.29, 1.82) is 0 Å². The van der Waals surface area contributed by atoms with E-state index >= 15 is 0 Å². The van der Waals surface area contributed by atoms with Gasteiger partial charge in [-0.2, -0.15) is 0 Å². The van der Waals surface area contributed by atoms with Crippen molar-refractivity contribution in [3.8, 4) is 0 Å². The number of nitrogens with zero attached hydrogens (tertiary/aromatic N) is 1. The summed E-state index contributed by atoms with van der Waals surface area (Å²) in [5.41, 5.74) is 2.41. The number of nitrogens with one attached hydrogen (secondary N) is 1. The van der Waals surface area contributed by atoms with Gasteiger partial charge in [-0.05, 0) is 12.1 Å². The van der Waals surface area contributed by atoms with Gasteiger partial charge in [0, 0.05) is 14.1 Å². The molecular weight excluding hydrogens is 176 g/mol. The summed E-state index contributed by atoms with van der Waals surface area (Å²) in [6, 6.07) is 8.80. The predicted octanol–water partition coefficient (Wildman–Crippen LogP) is 1.56. The summed E-state index contributed by atoms with van der Waals surface area (Å²) in [4.78, 5) is 2.11. The van der Waals surface area contributed by atoms with Gasteiger partial charge in [0.1, 0.15) is 0 Å². The Balaban J connectivity index is 2.13. The third kappa shape index (κ3) is 1.82. The molecule has 3 heteroatoms. The highest BCUT2D eigenvalue weighted by Gasteiger charge is 2.18. The molecule has 1 fully saturated rings. The van der Waals surface area contributed by atoms with Gasteiger partial charge in [0.05, 0.1) is 30.6 Å². The van der Waals surface area contributed by atoms with Crippen LogP contribution in [-0.2, 0) is 4.74 Å². The molecule has 1 aliphatic heterocycles. The Hall–Kier alpha value is -1.22. The third-order valence-electron chi connectivity index (χ3n) is 2.38. The molecule has 1 aliphatic rings. The molecule has 1 N–H and O–H groups in total. The molecule has 0 aliphatic carbocycles. The van der Waals surface area contributed by atoms with Gasteiger partial charge in [-0.3, -0.25) is 0 Å². The van der Waals surface area contributed by atoms with E-state index in [9.17, 15) is 0 Å². The monoisotopic (exact) mass is 192 g/mol. The smallest absolute Gasteiger partial charge is 0.0729 e. The summed E-state index contributed by atoms with van der Waals surface area (Å²) in [5.74, 6) is 0. The Morgan fingerprint density at radius 2 is 2.00 bits per heavy atom. The average molecular weight is 192 g/mol. The van der Waals surface area contributed by atoms with E-state index in [2.05, 4.69) is 48.6 Å². The number of hydrogen-bond acceptors (Lipinski definition) is 3. The quantitative estimate of drug-likeness (QED) is 0.786. The van der Waals surface area contributed by atoms with Gasteiger partial charge in [0.15, 0.2) is 0 Å². The molecule has 1 saturated heterocycles. The van der Waals surface area contributed by atoms with Crippen molar-refractivity contribution in [1.82, 2.24) is 0 Å². The third-order valence-corrected chi connectivity index (χ3v) is 2.38. The van der Waals surface area contributed by atoms with Crippen LogP contribution < -0.4 is 10.2 Å². The Morgan fingerprint density at radius 3 is 2.57 bits per heavy atom. The van der Waals surface area contributed by atoms with E-state index in [0.717, 1.165) is 13.2 Å². The molecule has 3 nitrogen and oxygen atoms in total. The Morgan fingerprint density at radius 1 is 1.29 bits per heavy atom. The average Bonchev–Trinajstić information content (AvgIpc) is 2.12. The number of ether oxygens (including phenoxy) is 1. The van der Waals surface area contributed by atoms with Crippen LogP contribution in [0.5, 0.6) is 0 Å². The molecule has 0 radical (unpaired) electrons. The van der Waals surface area contributed by atoms with Gasteiger partial charge in [-0.1, -0.05) is 12.1 Å². The zero-order chi connectivity index (χ0) is 9.97. The van der Waals surface area contributed by atoms with Gasteiger partial charge >= 0.3 is 0 Å². The molecule has 0 amide bonds. The largest absolute Gasteiger partial charge is 0.377 e. The fourth-order valence-corrected chi connectivity index (χ4v) is 1.52. The van der Waals surface area contributed by atoms with Crippen LogP contribution in [0.25, 0.3) is 0 Å². The first-order valence-corrected chi connectivity index (χ1v) is 4.88. The lowest BCUT2D eigenvalue weighted by Gasteiger charge is -2.29. The van der Waals surface area contributed by atoms with Gasteiger partial charge in [0.2, 0.25) is 0 Å². The number of rotatable bonds is 3. The topological polar surface area (TPSA) is 24.5 Å². The van der Waals surface area contributed by atoms with Crippen molar-refractivity contribution < 1.29 is 4.74 Å². The second-order valence-corrected chi connectivity index (χ2v) is 3.79. The van der Waals surface area contributed by atoms with Crippen LogP contribution in [0, 0.1) is 0 Å². The molecule has 1 aromatic carbocycles. The lowest BCUT2D eigenvalue weighted by Crippen LogP contribution is -2.40. The molecule has 0 saturated carbocycles. The molecular formula is C11H16N2O. The molecule has 0 atom stereocenters. The van der Waals surface area contributed by atoms with Crippen molar-refractivity contribution in [3.63, 3.8) is 0 Å². The highest BCUT2D eigenvalue weighted by atomic mass is 16.5. The summed E-state index contributed by atoms with van der Waals surface area (Å²) in [7, 11) is 4.11. The van der Waals surface area contributed by atoms with Crippen LogP contribution in [-0.4, -0.2) is 33.4 Å². The predicted molar refractivity (Wildman–Crippen MR) is 59.0 cm³/mol. The second-order valence-electron chi connectivity index (χ2n) is 3.79. The van der Waals surface area contributed by atoms with Crippen LogP contribution in [0.3, 0.4) is 0 Å². The Labute approximate surface area is 84.7 Å². The minimum absolute atomic E-state index is 0.482. The van der Waals surface area contributed by atoms with E-state index < -0.39 is 0 Å². The van der Waals surface area contributed by atoms with Crippen LogP contribution >= 0.6 is 0 Å². The van der Waals surface area contributed by atoms with E-state index in [1.165, 1.54) is 11.4 Å². The molecule has 0 bridgehead atoms. The number of anilines is 2. The van der Waals surface area contributed by atoms with Crippen LogP contribution in [0.2, 0.25) is 0 Å². The maximum absolute atomic E-state index is 5.13. The van der Waals surface area contributed by atoms with Gasteiger partial charge in [0.25, 0.3) is 0 Å². The molecule has 0 spiro atoms. The molecule has 76 valence electrons. The van der Waals surface area contributed by atoms with Crippen LogP contribution in [0.4, 0.5) is 11.4 Å². The van der Waals surface area contributed by atoms with E-state index in [1.807, 2.05) is 0 Å². The van der Waals surface area contributed by atoms with Crippen LogP contribution in [0.1, 0.15) is 0 Å². The van der Waals surface area contributed by atoms with E-state index in [4.69, 9.17) is 4.74 Å². The maximum atomic E-state index is 5.13. The molecule has 2 rings (SSSR count). The van der Waals surface area contributed by atoms with Crippen molar-refractivity contribution >= 4 is 11.4 Å². The summed E-state index contributed by atoms with van der Waals surface area (Å²) in [6.07, 6.45) is 0. The van der Waals surface area contributed by atoms with Gasteiger partial charge < -0.3 is 15.0 Å². The second kappa shape index (κ2) is 3.88. The first-order valence-electron chi connectivity index (χ1n) is 4.88. The molecule has 1 heterocycles. The van der Waals surface area contributed by atoms with Gasteiger partial charge in [-0.15, -0.1) is 0 Å².